The molecule has 3 rings (SSSR count). The van der Waals surface area contributed by atoms with Gasteiger partial charge in [-0.3, -0.25) is 0 Å². The van der Waals surface area contributed by atoms with E-state index in [1.807, 2.05) is 0 Å². The highest BCUT2D eigenvalue weighted by atomic mass is 16.6. The molecule has 1 heterocycles. The Hall–Kier alpha value is -3.21. The van der Waals surface area contributed by atoms with Crippen molar-refractivity contribution >= 4 is 29.6 Å². The second-order valence-electron chi connectivity index (χ2n) is 4.67. The van der Waals surface area contributed by atoms with Gasteiger partial charge in [0.1, 0.15) is 0 Å². The lowest BCUT2D eigenvalue weighted by Gasteiger charge is -2.16. The molecule has 0 saturated carbocycles. The van der Waals surface area contributed by atoms with Gasteiger partial charge in [0, 0.05) is 5.56 Å². The van der Waals surface area contributed by atoms with Crippen molar-refractivity contribution < 1.29 is 24.2 Å². The summed E-state index contributed by atoms with van der Waals surface area (Å²) in [5, 5.41) is 9.20. The Balaban J connectivity index is 2.20. The summed E-state index contributed by atoms with van der Waals surface area (Å²) in [4.78, 5) is 34.9. The van der Waals surface area contributed by atoms with Gasteiger partial charge in [0.25, 0.3) is 0 Å². The number of fused-ring (bicyclic) bond motifs is 1. The van der Waals surface area contributed by atoms with Crippen LogP contribution in [0.15, 0.2) is 48.5 Å². The lowest BCUT2D eigenvalue weighted by Crippen LogP contribution is -2.22. The van der Waals surface area contributed by atoms with Crippen molar-refractivity contribution in [3.05, 3.63) is 70.8 Å². The molecule has 0 amide bonds. The Morgan fingerprint density at radius 3 is 2.27 bits per heavy atom. The van der Waals surface area contributed by atoms with Crippen LogP contribution in [0.4, 0.5) is 0 Å². The monoisotopic (exact) mass is 294 g/mol. The van der Waals surface area contributed by atoms with Gasteiger partial charge >= 0.3 is 17.9 Å². The zero-order valence-corrected chi connectivity index (χ0v) is 11.3. The number of benzene rings is 2. The van der Waals surface area contributed by atoms with Crippen LogP contribution in [0.2, 0.25) is 0 Å². The zero-order valence-electron chi connectivity index (χ0n) is 11.3. The second-order valence-corrected chi connectivity index (χ2v) is 4.67. The quantitative estimate of drug-likeness (QED) is 0.523. The minimum atomic E-state index is -1.10. The van der Waals surface area contributed by atoms with Crippen molar-refractivity contribution in [3.8, 4) is 0 Å². The molecule has 0 aromatic heterocycles. The van der Waals surface area contributed by atoms with Gasteiger partial charge in [0.15, 0.2) is 0 Å². The maximum absolute atomic E-state index is 12.0. The van der Waals surface area contributed by atoms with E-state index in [1.54, 1.807) is 42.5 Å². The number of carboxylic acid groups (broad SMARTS) is 1. The molecular formula is C17H10O5. The molecule has 1 aliphatic heterocycles. The van der Waals surface area contributed by atoms with E-state index in [-0.39, 0.29) is 16.7 Å². The molecule has 0 fully saturated rings. The minimum Gasteiger partial charge on any atom is -0.478 e. The van der Waals surface area contributed by atoms with Crippen LogP contribution in [0, 0.1) is 0 Å². The molecule has 0 spiro atoms. The summed E-state index contributed by atoms with van der Waals surface area (Å²) in [5.41, 5.74) is 1.30. The van der Waals surface area contributed by atoms with Crippen molar-refractivity contribution in [1.82, 2.24) is 0 Å². The Bertz CT molecular complexity index is 832. The van der Waals surface area contributed by atoms with Crippen LogP contribution < -0.4 is 0 Å². The Kier molecular flexibility index (Phi) is 3.31. The van der Waals surface area contributed by atoms with E-state index < -0.39 is 17.9 Å². The number of carbonyl (C=O) groups excluding carboxylic acids is 2. The van der Waals surface area contributed by atoms with Crippen molar-refractivity contribution in [2.75, 3.05) is 0 Å². The van der Waals surface area contributed by atoms with Crippen LogP contribution in [0.5, 0.6) is 0 Å². The van der Waals surface area contributed by atoms with Crippen molar-refractivity contribution in [3.63, 3.8) is 0 Å². The lowest BCUT2D eigenvalue weighted by atomic mass is 9.94. The summed E-state index contributed by atoms with van der Waals surface area (Å²) in [6.07, 6.45) is 1.43. The first-order chi connectivity index (χ1) is 10.6. The number of hydrogen-bond acceptors (Lipinski definition) is 4. The van der Waals surface area contributed by atoms with Gasteiger partial charge in [-0.2, -0.15) is 0 Å². The maximum atomic E-state index is 12.0. The first-order valence-corrected chi connectivity index (χ1v) is 6.48. The van der Waals surface area contributed by atoms with Crippen LogP contribution >= 0.6 is 0 Å². The first kappa shape index (κ1) is 13.8. The van der Waals surface area contributed by atoms with Crippen LogP contribution in [0.1, 0.15) is 31.8 Å². The molecule has 22 heavy (non-hydrogen) atoms. The number of aromatic carboxylic acids is 1. The molecule has 0 atom stereocenters. The smallest absolute Gasteiger partial charge is 0.346 e. The molecule has 5 nitrogen and oxygen atoms in total. The predicted octanol–water partition coefficient (Wildman–Crippen LogP) is 2.62. The van der Waals surface area contributed by atoms with E-state index in [2.05, 4.69) is 0 Å². The fraction of sp³-hybridized carbons (Fsp3) is 0. The molecule has 2 aromatic carbocycles. The first-order valence-electron chi connectivity index (χ1n) is 6.48. The highest BCUT2D eigenvalue weighted by molar-refractivity contribution is 6.29. The van der Waals surface area contributed by atoms with Crippen LogP contribution in [-0.2, 0) is 9.53 Å². The summed E-state index contributed by atoms with van der Waals surface area (Å²) >= 11 is 0. The molecule has 0 aliphatic carbocycles. The topological polar surface area (TPSA) is 80.7 Å². The number of rotatable bonds is 2. The third-order valence-corrected chi connectivity index (χ3v) is 3.33. The van der Waals surface area contributed by atoms with Gasteiger partial charge in [-0.05, 0) is 23.8 Å². The van der Waals surface area contributed by atoms with Gasteiger partial charge < -0.3 is 9.84 Å². The van der Waals surface area contributed by atoms with E-state index >= 15 is 0 Å². The van der Waals surface area contributed by atoms with E-state index in [1.165, 1.54) is 12.1 Å². The Morgan fingerprint density at radius 2 is 1.55 bits per heavy atom. The van der Waals surface area contributed by atoms with Gasteiger partial charge in [-0.15, -0.1) is 0 Å². The average Bonchev–Trinajstić information content (AvgIpc) is 2.51. The molecule has 5 heteroatoms. The van der Waals surface area contributed by atoms with Crippen LogP contribution in [0.3, 0.4) is 0 Å². The normalized spacial score (nSPS) is 15.4. The maximum Gasteiger partial charge on any atom is 0.346 e. The van der Waals surface area contributed by atoms with Crippen molar-refractivity contribution in [2.45, 2.75) is 0 Å². The Morgan fingerprint density at radius 1 is 0.909 bits per heavy atom. The van der Waals surface area contributed by atoms with Crippen molar-refractivity contribution in [2.24, 2.45) is 0 Å². The summed E-state index contributed by atoms with van der Waals surface area (Å²) in [5.74, 6) is -2.59. The lowest BCUT2D eigenvalue weighted by molar-refractivity contribution is -0.131. The SMILES string of the molecule is O=C1OC(=O)c2ccccc2/C1=C\c1ccccc1C(=O)O. The summed E-state index contributed by atoms with van der Waals surface area (Å²) in [7, 11) is 0. The highest BCUT2D eigenvalue weighted by Crippen LogP contribution is 2.29. The number of esters is 2. The van der Waals surface area contributed by atoms with E-state index in [9.17, 15) is 19.5 Å². The number of hydrogen-bond donors (Lipinski definition) is 1. The molecule has 108 valence electrons. The standard InChI is InChI=1S/C17H10O5/c18-15(19)11-6-2-1-5-10(11)9-14-12-7-3-4-8-13(12)16(20)22-17(14)21/h1-9H,(H,18,19)/b14-9+. The summed E-state index contributed by atoms with van der Waals surface area (Å²) < 4.78 is 4.70. The summed E-state index contributed by atoms with van der Waals surface area (Å²) in [6.45, 7) is 0. The number of cyclic esters (lactones) is 2. The van der Waals surface area contributed by atoms with Crippen LogP contribution in [0.25, 0.3) is 11.6 Å². The molecule has 1 N–H and O–H groups in total. The molecule has 0 bridgehead atoms. The molecule has 1 aliphatic rings. The zero-order chi connectivity index (χ0) is 15.7. The molecule has 2 aromatic rings. The fourth-order valence-electron chi connectivity index (χ4n) is 2.31. The molecule has 0 unspecified atom stereocenters. The molecule has 0 radical (unpaired) electrons. The van der Waals surface area contributed by atoms with Gasteiger partial charge in [0.05, 0.1) is 16.7 Å². The largest absolute Gasteiger partial charge is 0.478 e. The minimum absolute atomic E-state index is 0.0668. The average molecular weight is 294 g/mol. The van der Waals surface area contributed by atoms with E-state index in [4.69, 9.17) is 4.74 Å². The van der Waals surface area contributed by atoms with Gasteiger partial charge in [-0.1, -0.05) is 36.4 Å². The second kappa shape index (κ2) is 5.29. The summed E-state index contributed by atoms with van der Waals surface area (Å²) in [6, 6.07) is 12.8. The molecular weight excluding hydrogens is 284 g/mol. The van der Waals surface area contributed by atoms with E-state index in [0.717, 1.165) is 0 Å². The Labute approximate surface area is 125 Å². The third-order valence-electron chi connectivity index (χ3n) is 3.33. The highest BCUT2D eigenvalue weighted by Gasteiger charge is 2.29. The van der Waals surface area contributed by atoms with E-state index in [0.29, 0.717) is 11.1 Å². The molecule has 0 saturated heterocycles. The fourth-order valence-corrected chi connectivity index (χ4v) is 2.31. The van der Waals surface area contributed by atoms with Crippen molar-refractivity contribution in [1.29, 1.82) is 0 Å². The van der Waals surface area contributed by atoms with Gasteiger partial charge in [0.2, 0.25) is 0 Å². The van der Waals surface area contributed by atoms with Crippen LogP contribution in [-0.4, -0.2) is 23.0 Å². The predicted molar refractivity (Wildman–Crippen MR) is 78.1 cm³/mol. The number of carboxylic acids is 1. The number of carbonyl (C=O) groups is 3. The van der Waals surface area contributed by atoms with Gasteiger partial charge in [-0.25, -0.2) is 14.4 Å². The number of ether oxygens (including phenoxy) is 1. The third kappa shape index (κ3) is 2.29.